The van der Waals surface area contributed by atoms with Crippen LogP contribution in [0.3, 0.4) is 0 Å². The van der Waals surface area contributed by atoms with Gasteiger partial charge in [0.2, 0.25) is 5.91 Å². The lowest BCUT2D eigenvalue weighted by atomic mass is 10.1. The Balaban J connectivity index is 1.78. The van der Waals surface area contributed by atoms with E-state index < -0.39 is 6.61 Å². The molecule has 0 atom stereocenters. The Morgan fingerprint density at radius 2 is 2.04 bits per heavy atom. The quantitative estimate of drug-likeness (QED) is 0.619. The van der Waals surface area contributed by atoms with E-state index in [9.17, 15) is 13.6 Å². The van der Waals surface area contributed by atoms with Crippen molar-refractivity contribution < 1.29 is 18.3 Å². The van der Waals surface area contributed by atoms with Crippen molar-refractivity contribution in [3.8, 4) is 5.75 Å². The number of para-hydroxylation sites is 1. The highest BCUT2D eigenvalue weighted by Crippen LogP contribution is 2.18. The lowest BCUT2D eigenvalue weighted by Crippen LogP contribution is -2.33. The molecule has 126 valence electrons. The van der Waals surface area contributed by atoms with Gasteiger partial charge in [0.05, 0.1) is 6.21 Å². The van der Waals surface area contributed by atoms with Crippen LogP contribution < -0.4 is 10.2 Å². The third-order valence-corrected chi connectivity index (χ3v) is 3.63. The summed E-state index contributed by atoms with van der Waals surface area (Å²) in [6.07, 6.45) is 5.29. The first-order valence-electron chi connectivity index (χ1n) is 7.73. The molecule has 1 aliphatic rings. The minimum Gasteiger partial charge on any atom is -0.434 e. The summed E-state index contributed by atoms with van der Waals surface area (Å²) in [6, 6.07) is 6.27. The number of amides is 1. The van der Waals surface area contributed by atoms with E-state index in [1.54, 1.807) is 18.2 Å². The number of hydrogen-bond acceptors (Lipinski definition) is 4. The highest BCUT2D eigenvalue weighted by Gasteiger charge is 2.11. The van der Waals surface area contributed by atoms with E-state index in [-0.39, 0.29) is 11.7 Å². The fraction of sp³-hybridized carbons (Fsp3) is 0.500. The van der Waals surface area contributed by atoms with Crippen LogP contribution in [0.2, 0.25) is 0 Å². The van der Waals surface area contributed by atoms with E-state index >= 15 is 0 Å². The van der Waals surface area contributed by atoms with Crippen LogP contribution in [0.15, 0.2) is 29.4 Å². The number of carbonyl (C=O) groups is 1. The summed E-state index contributed by atoms with van der Waals surface area (Å²) in [5, 5.41) is 3.81. The summed E-state index contributed by atoms with van der Waals surface area (Å²) in [5.74, 6) is -0.173. The molecule has 0 saturated carbocycles. The first-order valence-corrected chi connectivity index (χ1v) is 7.73. The van der Waals surface area contributed by atoms with Crippen molar-refractivity contribution >= 4 is 12.1 Å². The molecular formula is C16H21F2N3O2. The Kier molecular flexibility index (Phi) is 6.93. The number of piperidine rings is 1. The predicted octanol–water partition coefficient (Wildman–Crippen LogP) is 2.61. The Morgan fingerprint density at radius 3 is 2.78 bits per heavy atom. The fourth-order valence-electron chi connectivity index (χ4n) is 2.46. The van der Waals surface area contributed by atoms with Crippen molar-refractivity contribution in [2.24, 2.45) is 5.10 Å². The van der Waals surface area contributed by atoms with Gasteiger partial charge in [0.15, 0.2) is 0 Å². The number of hydrogen-bond donors (Lipinski definition) is 1. The fourth-order valence-corrected chi connectivity index (χ4v) is 2.46. The molecular weight excluding hydrogens is 304 g/mol. The van der Waals surface area contributed by atoms with Crippen LogP contribution in [0.5, 0.6) is 5.75 Å². The summed E-state index contributed by atoms with van der Waals surface area (Å²) < 4.78 is 29.0. The number of likely N-dealkylation sites (tertiary alicyclic amines) is 1. The molecule has 5 nitrogen and oxygen atoms in total. The third kappa shape index (κ3) is 6.32. The number of nitrogens with zero attached hydrogens (tertiary/aromatic N) is 2. The van der Waals surface area contributed by atoms with Crippen molar-refractivity contribution in [1.29, 1.82) is 0 Å². The summed E-state index contributed by atoms with van der Waals surface area (Å²) in [7, 11) is 0. The van der Waals surface area contributed by atoms with Gasteiger partial charge in [-0.15, -0.1) is 0 Å². The van der Waals surface area contributed by atoms with E-state index in [2.05, 4.69) is 20.2 Å². The zero-order valence-electron chi connectivity index (χ0n) is 12.9. The van der Waals surface area contributed by atoms with Gasteiger partial charge in [-0.25, -0.2) is 5.43 Å². The van der Waals surface area contributed by atoms with Crippen molar-refractivity contribution in [3.05, 3.63) is 29.8 Å². The summed E-state index contributed by atoms with van der Waals surface area (Å²) in [6.45, 7) is -0.111. The Labute approximate surface area is 134 Å². The predicted molar refractivity (Wildman–Crippen MR) is 83.7 cm³/mol. The second kappa shape index (κ2) is 9.19. The van der Waals surface area contributed by atoms with Gasteiger partial charge >= 0.3 is 6.61 Å². The van der Waals surface area contributed by atoms with E-state index in [1.807, 2.05) is 0 Å². The highest BCUT2D eigenvalue weighted by atomic mass is 19.3. The van der Waals surface area contributed by atoms with Gasteiger partial charge in [-0.3, -0.25) is 4.79 Å². The second-order valence-electron chi connectivity index (χ2n) is 5.36. The standard InChI is InChI=1S/C16H21F2N3O2/c17-16(18)23-14-7-3-2-6-13(14)12-19-20-15(22)8-11-21-9-4-1-5-10-21/h2-3,6-7,12,16H,1,4-5,8-11H2,(H,20,22)/b19-12+. The molecule has 1 N–H and O–H groups in total. The highest BCUT2D eigenvalue weighted by molar-refractivity contribution is 5.85. The Bertz CT molecular complexity index is 532. The van der Waals surface area contributed by atoms with Crippen LogP contribution >= 0.6 is 0 Å². The van der Waals surface area contributed by atoms with Gasteiger partial charge in [-0.2, -0.15) is 13.9 Å². The maximum Gasteiger partial charge on any atom is 0.387 e. The molecule has 0 spiro atoms. The van der Waals surface area contributed by atoms with Gasteiger partial charge in [0.25, 0.3) is 0 Å². The third-order valence-electron chi connectivity index (χ3n) is 3.63. The summed E-state index contributed by atoms with van der Waals surface area (Å²) in [5.41, 5.74) is 2.79. The minimum absolute atomic E-state index is 0.0221. The number of ether oxygens (including phenoxy) is 1. The van der Waals surface area contributed by atoms with E-state index in [4.69, 9.17) is 0 Å². The average molecular weight is 325 g/mol. The van der Waals surface area contributed by atoms with Crippen molar-refractivity contribution in [2.75, 3.05) is 19.6 Å². The first kappa shape index (κ1) is 17.3. The molecule has 0 bridgehead atoms. The number of rotatable bonds is 7. The van der Waals surface area contributed by atoms with Gasteiger partial charge in [-0.05, 0) is 38.1 Å². The monoisotopic (exact) mass is 325 g/mol. The molecule has 1 aromatic carbocycles. The molecule has 2 rings (SSSR count). The van der Waals surface area contributed by atoms with Gasteiger partial charge in [0.1, 0.15) is 5.75 Å². The lowest BCUT2D eigenvalue weighted by Gasteiger charge is -2.25. The Morgan fingerprint density at radius 1 is 1.30 bits per heavy atom. The van der Waals surface area contributed by atoms with Crippen molar-refractivity contribution in [3.63, 3.8) is 0 Å². The summed E-state index contributed by atoms with van der Waals surface area (Å²) in [4.78, 5) is 14.0. The van der Waals surface area contributed by atoms with E-state index in [0.29, 0.717) is 18.5 Å². The van der Waals surface area contributed by atoms with Crippen LogP contribution in [-0.2, 0) is 4.79 Å². The van der Waals surface area contributed by atoms with Crippen LogP contribution in [-0.4, -0.2) is 43.3 Å². The molecule has 7 heteroatoms. The van der Waals surface area contributed by atoms with Crippen LogP contribution in [0.1, 0.15) is 31.2 Å². The first-order chi connectivity index (χ1) is 11.1. The summed E-state index contributed by atoms with van der Waals surface area (Å²) >= 11 is 0. The molecule has 1 saturated heterocycles. The van der Waals surface area contributed by atoms with E-state index in [0.717, 1.165) is 13.1 Å². The molecule has 0 unspecified atom stereocenters. The largest absolute Gasteiger partial charge is 0.434 e. The zero-order chi connectivity index (χ0) is 16.5. The van der Waals surface area contributed by atoms with Crippen LogP contribution in [0.25, 0.3) is 0 Å². The zero-order valence-corrected chi connectivity index (χ0v) is 12.9. The smallest absolute Gasteiger partial charge is 0.387 e. The second-order valence-corrected chi connectivity index (χ2v) is 5.36. The molecule has 1 aliphatic heterocycles. The number of hydrazone groups is 1. The topological polar surface area (TPSA) is 53.9 Å². The number of benzene rings is 1. The Hall–Kier alpha value is -2.02. The number of nitrogens with one attached hydrogen (secondary N) is 1. The van der Waals surface area contributed by atoms with Crippen molar-refractivity contribution in [2.45, 2.75) is 32.3 Å². The maximum atomic E-state index is 12.3. The molecule has 0 radical (unpaired) electrons. The molecule has 23 heavy (non-hydrogen) atoms. The number of carbonyl (C=O) groups excluding carboxylic acids is 1. The minimum atomic E-state index is -2.90. The van der Waals surface area contributed by atoms with E-state index in [1.165, 1.54) is 31.5 Å². The average Bonchev–Trinajstić information content (AvgIpc) is 2.55. The maximum absolute atomic E-state index is 12.3. The molecule has 1 amide bonds. The SMILES string of the molecule is O=C(CCN1CCCCC1)N/N=C/c1ccccc1OC(F)F. The molecule has 0 aliphatic carbocycles. The lowest BCUT2D eigenvalue weighted by molar-refractivity contribution is -0.121. The molecule has 0 aromatic heterocycles. The molecule has 1 heterocycles. The molecule has 1 fully saturated rings. The number of halogens is 2. The van der Waals surface area contributed by atoms with Crippen LogP contribution in [0, 0.1) is 0 Å². The normalized spacial score (nSPS) is 16.0. The van der Waals surface area contributed by atoms with Gasteiger partial charge in [-0.1, -0.05) is 18.6 Å². The molecule has 1 aromatic rings. The van der Waals surface area contributed by atoms with Crippen molar-refractivity contribution in [1.82, 2.24) is 10.3 Å². The van der Waals surface area contributed by atoms with Gasteiger partial charge in [0, 0.05) is 18.5 Å². The van der Waals surface area contributed by atoms with Gasteiger partial charge < -0.3 is 9.64 Å². The van der Waals surface area contributed by atoms with Crippen LogP contribution in [0.4, 0.5) is 8.78 Å². The number of alkyl halides is 2.